The second-order valence-electron chi connectivity index (χ2n) is 5.96. The van der Waals surface area contributed by atoms with Gasteiger partial charge in [0, 0.05) is 26.7 Å². The Morgan fingerprint density at radius 2 is 2.17 bits per heavy atom. The lowest BCUT2D eigenvalue weighted by Crippen LogP contribution is -2.47. The van der Waals surface area contributed by atoms with Gasteiger partial charge in [0.2, 0.25) is 5.91 Å². The normalized spacial score (nSPS) is 23.0. The number of nitrogens with one attached hydrogen (secondary N) is 2. The minimum Gasteiger partial charge on any atom is -0.489 e. The van der Waals surface area contributed by atoms with Crippen molar-refractivity contribution >= 4 is 21.8 Å². The molecule has 1 aromatic heterocycles. The summed E-state index contributed by atoms with van der Waals surface area (Å²) in [6.07, 6.45) is 5.08. The van der Waals surface area contributed by atoms with Gasteiger partial charge in [-0.3, -0.25) is 9.59 Å². The third-order valence-electron chi connectivity index (χ3n) is 4.16. The highest BCUT2D eigenvalue weighted by atomic mass is 79.9. The van der Waals surface area contributed by atoms with Crippen molar-refractivity contribution in [3.05, 3.63) is 27.1 Å². The lowest BCUT2D eigenvalue weighted by molar-refractivity contribution is -0.123. The molecule has 0 spiro atoms. The van der Waals surface area contributed by atoms with E-state index >= 15 is 0 Å². The summed E-state index contributed by atoms with van der Waals surface area (Å²) in [5.41, 5.74) is -0.106. The molecule has 0 aromatic carbocycles. The maximum Gasteiger partial charge on any atom is 0.254 e. The number of aromatic nitrogens is 1. The molecule has 1 amide bonds. The summed E-state index contributed by atoms with van der Waals surface area (Å²) in [6.45, 7) is 1.76. The second-order valence-corrected chi connectivity index (χ2v) is 6.81. The van der Waals surface area contributed by atoms with Crippen LogP contribution in [0.1, 0.15) is 34.0 Å². The highest BCUT2D eigenvalue weighted by molar-refractivity contribution is 9.10. The number of rotatable bonds is 5. The molecule has 128 valence electrons. The van der Waals surface area contributed by atoms with Crippen molar-refractivity contribution in [3.63, 3.8) is 0 Å². The zero-order valence-corrected chi connectivity index (χ0v) is 15.1. The first-order valence-corrected chi connectivity index (χ1v) is 8.56. The molecule has 0 unspecified atom stereocenters. The Bertz CT molecular complexity index is 629. The van der Waals surface area contributed by atoms with Crippen LogP contribution >= 0.6 is 15.9 Å². The standard InChI is InChI=1S/C16H24BrN3O3/c1-10(18-2)16(22)19-11-4-6-12(7-5-11)23-14-8-15(21)20(3)9-13(14)17/h8-12,18H,4-7H2,1-3H3,(H,19,22)/t10-,11?,12?/m0/s1/i2D. The predicted molar refractivity (Wildman–Crippen MR) is 92.7 cm³/mol. The number of nitrogens with zero attached hydrogens (tertiary/aromatic N) is 1. The second kappa shape index (κ2) is 7.97. The molecular weight excluding hydrogens is 362 g/mol. The Morgan fingerprint density at radius 3 is 2.83 bits per heavy atom. The monoisotopic (exact) mass is 386 g/mol. The molecule has 0 saturated heterocycles. The van der Waals surface area contributed by atoms with E-state index in [1.807, 2.05) is 0 Å². The Morgan fingerprint density at radius 1 is 1.48 bits per heavy atom. The van der Waals surface area contributed by atoms with Crippen LogP contribution in [0.25, 0.3) is 0 Å². The molecule has 1 aromatic rings. The number of likely N-dealkylation sites (N-methyl/N-ethyl adjacent to an activating group) is 1. The first-order valence-electron chi connectivity index (χ1n) is 8.47. The Labute approximate surface area is 146 Å². The van der Waals surface area contributed by atoms with Crippen LogP contribution in [0.2, 0.25) is 0 Å². The number of amides is 1. The van der Waals surface area contributed by atoms with E-state index in [1.54, 1.807) is 20.2 Å². The number of pyridine rings is 1. The first kappa shape index (κ1) is 16.5. The average Bonchev–Trinajstić information content (AvgIpc) is 2.54. The first-order chi connectivity index (χ1) is 11.4. The zero-order valence-electron chi connectivity index (χ0n) is 14.5. The lowest BCUT2D eigenvalue weighted by atomic mass is 9.92. The van der Waals surface area contributed by atoms with Crippen LogP contribution in [0.15, 0.2) is 21.5 Å². The molecular formula is C16H24BrN3O3. The van der Waals surface area contributed by atoms with Crippen LogP contribution in [0.3, 0.4) is 0 Å². The smallest absolute Gasteiger partial charge is 0.254 e. The molecule has 7 heteroatoms. The number of ether oxygens (including phenoxy) is 1. The van der Waals surface area contributed by atoms with E-state index in [0.717, 1.165) is 30.2 Å². The number of hydrogen-bond donors (Lipinski definition) is 2. The minimum absolute atomic E-state index is 0.0284. The minimum atomic E-state index is -0.354. The summed E-state index contributed by atoms with van der Waals surface area (Å²) in [5, 5.41) is 5.80. The maximum absolute atomic E-state index is 12.0. The highest BCUT2D eigenvalue weighted by Gasteiger charge is 2.25. The Kier molecular flexibility index (Phi) is 5.72. The van der Waals surface area contributed by atoms with Gasteiger partial charge in [-0.2, -0.15) is 0 Å². The number of halogens is 1. The summed E-state index contributed by atoms with van der Waals surface area (Å²) in [5.74, 6) is 0.500. The van der Waals surface area contributed by atoms with Crippen LogP contribution < -0.4 is 20.9 Å². The third kappa shape index (κ3) is 4.81. The average molecular weight is 387 g/mol. The predicted octanol–water partition coefficient (Wildman–Crippen LogP) is 1.56. The van der Waals surface area contributed by atoms with E-state index in [0.29, 0.717) is 5.75 Å². The van der Waals surface area contributed by atoms with Crippen LogP contribution in [-0.4, -0.2) is 35.7 Å². The van der Waals surface area contributed by atoms with Gasteiger partial charge in [0.05, 0.1) is 16.6 Å². The summed E-state index contributed by atoms with van der Waals surface area (Å²) in [4.78, 5) is 23.7. The fourth-order valence-corrected chi connectivity index (χ4v) is 3.11. The van der Waals surface area contributed by atoms with Gasteiger partial charge in [0.1, 0.15) is 5.75 Å². The number of aryl methyl sites for hydroxylation is 1. The van der Waals surface area contributed by atoms with E-state index in [2.05, 4.69) is 26.6 Å². The van der Waals surface area contributed by atoms with Crippen molar-refractivity contribution in [2.75, 3.05) is 7.02 Å². The van der Waals surface area contributed by atoms with Crippen molar-refractivity contribution in [2.45, 2.75) is 50.8 Å². The molecule has 0 radical (unpaired) electrons. The lowest BCUT2D eigenvalue weighted by Gasteiger charge is -2.30. The van der Waals surface area contributed by atoms with E-state index in [4.69, 9.17) is 6.11 Å². The van der Waals surface area contributed by atoms with Crippen molar-refractivity contribution in [2.24, 2.45) is 7.05 Å². The zero-order chi connectivity index (χ0) is 17.7. The number of carbonyl (C=O) groups is 1. The van der Waals surface area contributed by atoms with Crippen molar-refractivity contribution in [1.29, 1.82) is 0 Å². The molecule has 1 aliphatic carbocycles. The summed E-state index contributed by atoms with van der Waals surface area (Å²) >= 11 is 3.42. The van der Waals surface area contributed by atoms with Crippen molar-refractivity contribution in [1.82, 2.24) is 15.2 Å². The number of carbonyl (C=O) groups excluding carboxylic acids is 1. The molecule has 6 nitrogen and oxygen atoms in total. The van der Waals surface area contributed by atoms with Gasteiger partial charge in [-0.1, -0.05) is 0 Å². The topological polar surface area (TPSA) is 72.4 Å². The molecule has 1 aliphatic rings. The molecule has 1 saturated carbocycles. The summed E-state index contributed by atoms with van der Waals surface area (Å²) in [6, 6.07) is 1.28. The van der Waals surface area contributed by atoms with Gasteiger partial charge in [-0.25, -0.2) is 0 Å². The van der Waals surface area contributed by atoms with Crippen LogP contribution in [0.5, 0.6) is 5.75 Å². The molecule has 23 heavy (non-hydrogen) atoms. The largest absolute Gasteiger partial charge is 0.489 e. The van der Waals surface area contributed by atoms with Gasteiger partial charge in [-0.05, 0) is 55.6 Å². The van der Waals surface area contributed by atoms with Gasteiger partial charge in [0.15, 0.2) is 0 Å². The molecule has 0 aliphatic heterocycles. The van der Waals surface area contributed by atoms with Crippen molar-refractivity contribution in [3.8, 4) is 5.75 Å². The third-order valence-corrected chi connectivity index (χ3v) is 4.75. The maximum atomic E-state index is 12.0. The fraction of sp³-hybridized carbons (Fsp3) is 0.625. The molecule has 0 bridgehead atoms. The molecule has 1 atom stereocenters. The van der Waals surface area contributed by atoms with Crippen molar-refractivity contribution < 1.29 is 10.9 Å². The Hall–Kier alpha value is -1.34. The van der Waals surface area contributed by atoms with E-state index in [1.165, 1.54) is 10.6 Å². The van der Waals surface area contributed by atoms with E-state index < -0.39 is 0 Å². The Balaban J connectivity index is 1.84. The van der Waals surface area contributed by atoms with Crippen LogP contribution in [0, 0.1) is 0 Å². The van der Waals surface area contributed by atoms with Gasteiger partial charge in [0.25, 0.3) is 5.56 Å². The van der Waals surface area contributed by atoms with E-state index in [-0.39, 0.29) is 36.7 Å². The molecule has 1 fully saturated rings. The van der Waals surface area contributed by atoms with Gasteiger partial charge in [-0.15, -0.1) is 0 Å². The van der Waals surface area contributed by atoms with Crippen LogP contribution in [-0.2, 0) is 11.8 Å². The quantitative estimate of drug-likeness (QED) is 0.805. The van der Waals surface area contributed by atoms with Gasteiger partial charge >= 0.3 is 0 Å². The fourth-order valence-electron chi connectivity index (χ4n) is 2.59. The molecule has 1 heterocycles. The highest BCUT2D eigenvalue weighted by Crippen LogP contribution is 2.28. The number of hydrogen-bond acceptors (Lipinski definition) is 4. The summed E-state index contributed by atoms with van der Waals surface area (Å²) < 4.78 is 15.3. The van der Waals surface area contributed by atoms with Crippen LogP contribution in [0.4, 0.5) is 0 Å². The van der Waals surface area contributed by atoms with Gasteiger partial charge < -0.3 is 19.9 Å². The van der Waals surface area contributed by atoms with E-state index in [9.17, 15) is 9.59 Å². The molecule has 2 rings (SSSR count). The molecule has 2 N–H and O–H groups in total. The SMILES string of the molecule is [2H]CN[C@@H](C)C(=O)NC1CCC(Oc2cc(=O)n(C)cc2Br)CC1. The summed E-state index contributed by atoms with van der Waals surface area (Å²) in [7, 11) is 1.72.